The molecule has 380 valence electrons. The van der Waals surface area contributed by atoms with Crippen molar-refractivity contribution in [3.05, 3.63) is 243 Å². The second-order valence-corrected chi connectivity index (χ2v) is 22.1. The van der Waals surface area contributed by atoms with Crippen molar-refractivity contribution in [1.29, 1.82) is 0 Å². The Morgan fingerprint density at radius 3 is 0.722 bits per heavy atom. The Kier molecular flexibility index (Phi) is 11.9. The lowest BCUT2D eigenvalue weighted by Crippen LogP contribution is -2.09. The highest BCUT2D eigenvalue weighted by Crippen LogP contribution is 2.51. The number of hydrogen-bond acceptors (Lipinski definition) is 6. The van der Waals surface area contributed by atoms with Crippen molar-refractivity contribution in [2.45, 2.75) is 9.79 Å². The largest absolute Gasteiger partial charge is 0.490 e. The lowest BCUT2D eigenvalue weighted by atomic mass is 9.88. The molecule has 0 aliphatic carbocycles. The van der Waals surface area contributed by atoms with Crippen LogP contribution in [-0.4, -0.2) is 45.1 Å². The van der Waals surface area contributed by atoms with Crippen LogP contribution in [0, 0.1) is 0 Å². The summed E-state index contributed by atoms with van der Waals surface area (Å²) in [5.41, 5.74) is 5.38. The van der Waals surface area contributed by atoms with Gasteiger partial charge in [-0.3, -0.25) is 0 Å². The Labute approximate surface area is 456 Å². The van der Waals surface area contributed by atoms with Gasteiger partial charge < -0.3 is 19.7 Å². The van der Waals surface area contributed by atoms with E-state index in [9.17, 15) is 10.2 Å². The summed E-state index contributed by atoms with van der Waals surface area (Å²) in [7, 11) is -4.53. The molecular formula is C72H50O6S. The zero-order valence-corrected chi connectivity index (χ0v) is 43.7. The molecule has 14 aromatic rings. The predicted octanol–water partition coefficient (Wildman–Crippen LogP) is 17.2. The molecule has 0 unspecified atom stereocenters. The van der Waals surface area contributed by atoms with E-state index in [1.165, 1.54) is 0 Å². The number of fused-ring (bicyclic) bond motifs is 12. The molecule has 7 heteroatoms. The highest BCUT2D eigenvalue weighted by atomic mass is 32.2. The van der Waals surface area contributed by atoms with E-state index in [1.54, 1.807) is 24.3 Å². The SMILES string of the molecule is O=S(=O)(c1cc(-c2cc3ccccc3c3ccccc23)c(OCCO)c(-c2cc3ccccc3c3ccccc23)c1)c1cc(-c2cc3ccccc3c3ccccc23)c(OCCO)c(-c2cc3ccccc3c3ccccc23)c1. The van der Waals surface area contributed by atoms with Gasteiger partial charge >= 0.3 is 0 Å². The van der Waals surface area contributed by atoms with Gasteiger partial charge in [-0.1, -0.05) is 194 Å². The van der Waals surface area contributed by atoms with Crippen LogP contribution in [0.25, 0.3) is 131 Å². The smallest absolute Gasteiger partial charge is 0.206 e. The van der Waals surface area contributed by atoms with E-state index in [0.717, 1.165) is 108 Å². The summed E-state index contributed by atoms with van der Waals surface area (Å²) < 4.78 is 47.1. The van der Waals surface area contributed by atoms with Gasteiger partial charge in [0.25, 0.3) is 0 Å². The molecule has 0 atom stereocenters. The highest BCUT2D eigenvalue weighted by Gasteiger charge is 2.30. The molecule has 0 spiro atoms. The Bertz CT molecular complexity index is 4330. The van der Waals surface area contributed by atoms with Crippen LogP contribution in [0.4, 0.5) is 0 Å². The van der Waals surface area contributed by atoms with Crippen LogP contribution in [0.2, 0.25) is 0 Å². The maximum Gasteiger partial charge on any atom is 0.206 e. The van der Waals surface area contributed by atoms with Gasteiger partial charge in [-0.15, -0.1) is 0 Å². The number of ether oxygens (including phenoxy) is 2. The van der Waals surface area contributed by atoms with E-state index in [1.807, 2.05) is 97.1 Å². The summed E-state index contributed by atoms with van der Waals surface area (Å²) >= 11 is 0. The number of hydrogen-bond donors (Lipinski definition) is 2. The van der Waals surface area contributed by atoms with Gasteiger partial charge in [0.15, 0.2) is 0 Å². The van der Waals surface area contributed by atoms with Crippen molar-refractivity contribution < 1.29 is 28.1 Å². The topological polar surface area (TPSA) is 93.1 Å². The molecule has 79 heavy (non-hydrogen) atoms. The van der Waals surface area contributed by atoms with Gasteiger partial charge in [-0.25, -0.2) is 8.42 Å². The summed E-state index contributed by atoms with van der Waals surface area (Å²) in [6.07, 6.45) is 0. The van der Waals surface area contributed by atoms with Gasteiger partial charge in [-0.05, 0) is 157 Å². The van der Waals surface area contributed by atoms with Gasteiger partial charge in [0.1, 0.15) is 24.7 Å². The summed E-state index contributed by atoms with van der Waals surface area (Å²) in [4.78, 5) is 0.104. The lowest BCUT2D eigenvalue weighted by molar-refractivity contribution is 0.202. The van der Waals surface area contributed by atoms with Crippen molar-refractivity contribution >= 4 is 96.0 Å². The maximum atomic E-state index is 16.8. The molecule has 0 saturated heterocycles. The average molecular weight is 1040 g/mol. The van der Waals surface area contributed by atoms with E-state index in [0.29, 0.717) is 33.8 Å². The zero-order chi connectivity index (χ0) is 53.2. The Hall–Kier alpha value is -9.37. The number of aliphatic hydroxyl groups is 2. The molecule has 6 nitrogen and oxygen atoms in total. The molecule has 0 saturated carbocycles. The first-order valence-electron chi connectivity index (χ1n) is 26.6. The molecule has 14 aromatic carbocycles. The third kappa shape index (κ3) is 8.04. The Balaban J connectivity index is 1.13. The van der Waals surface area contributed by atoms with Crippen LogP contribution in [0.5, 0.6) is 11.5 Å². The predicted molar refractivity (Wildman–Crippen MR) is 325 cm³/mol. The quantitative estimate of drug-likeness (QED) is 0.118. The third-order valence-corrected chi connectivity index (χ3v) is 17.4. The molecule has 0 bridgehead atoms. The minimum atomic E-state index is -4.53. The standard InChI is InChI=1S/C72H50O6S/c73-33-35-77-71-67(63-37-45-17-1-5-21-51(45)55-25-9-13-29-59(55)63)41-49(42-68(71)64-38-46-18-2-6-22-52(46)56-26-10-14-30-60(56)64)79(75,76)50-43-69(65-39-47-19-3-7-23-53(47)57-27-11-15-31-61(57)65)72(78-36-34-74)70(44-50)66-40-48-20-4-8-24-54(48)58-28-12-16-32-62(58)66/h1-32,37-44,73-74H,33-36H2. The first-order chi connectivity index (χ1) is 38.9. The van der Waals surface area contributed by atoms with Gasteiger partial charge in [-0.2, -0.15) is 0 Å². The normalized spacial score (nSPS) is 12.0. The van der Waals surface area contributed by atoms with Crippen LogP contribution < -0.4 is 9.47 Å². The molecule has 0 heterocycles. The van der Waals surface area contributed by atoms with Crippen molar-refractivity contribution in [3.8, 4) is 56.0 Å². The number of aliphatic hydroxyl groups excluding tert-OH is 2. The summed E-state index contributed by atoms with van der Waals surface area (Å²) in [6.45, 7) is -0.604. The Morgan fingerprint density at radius 1 is 0.266 bits per heavy atom. The fourth-order valence-corrected chi connectivity index (χ4v) is 13.5. The molecule has 14 rings (SSSR count). The van der Waals surface area contributed by atoms with E-state index in [2.05, 4.69) is 121 Å². The highest BCUT2D eigenvalue weighted by molar-refractivity contribution is 7.91. The number of benzene rings is 14. The fourth-order valence-electron chi connectivity index (χ4n) is 12.2. The van der Waals surface area contributed by atoms with Crippen LogP contribution in [-0.2, 0) is 9.84 Å². The Morgan fingerprint density at radius 2 is 0.481 bits per heavy atom. The maximum absolute atomic E-state index is 16.8. The van der Waals surface area contributed by atoms with Crippen LogP contribution in [0.3, 0.4) is 0 Å². The molecular weight excluding hydrogens is 993 g/mol. The summed E-state index contributed by atoms with van der Waals surface area (Å²) in [5.74, 6) is 0.904. The molecule has 0 fully saturated rings. The second-order valence-electron chi connectivity index (χ2n) is 20.1. The van der Waals surface area contributed by atoms with Crippen molar-refractivity contribution in [2.24, 2.45) is 0 Å². The third-order valence-electron chi connectivity index (χ3n) is 15.7. The van der Waals surface area contributed by atoms with E-state index < -0.39 is 9.84 Å². The molecule has 0 radical (unpaired) electrons. The molecule has 0 aromatic heterocycles. The van der Waals surface area contributed by atoms with Crippen LogP contribution in [0.1, 0.15) is 0 Å². The fraction of sp³-hybridized carbons (Fsp3) is 0.0556. The van der Waals surface area contributed by atoms with Gasteiger partial charge in [0.2, 0.25) is 9.84 Å². The first kappa shape index (κ1) is 48.0. The van der Waals surface area contributed by atoms with E-state index in [4.69, 9.17) is 9.47 Å². The molecule has 0 amide bonds. The van der Waals surface area contributed by atoms with Crippen LogP contribution >= 0.6 is 0 Å². The summed E-state index contributed by atoms with van der Waals surface area (Å²) in [5, 5.41) is 36.9. The first-order valence-corrected chi connectivity index (χ1v) is 28.1. The minimum Gasteiger partial charge on any atom is -0.490 e. The van der Waals surface area contributed by atoms with E-state index >= 15 is 8.42 Å². The van der Waals surface area contributed by atoms with Crippen molar-refractivity contribution in [3.63, 3.8) is 0 Å². The second kappa shape index (κ2) is 19.6. The number of rotatable bonds is 12. The number of sulfone groups is 1. The lowest BCUT2D eigenvalue weighted by Gasteiger charge is -2.23. The zero-order valence-electron chi connectivity index (χ0n) is 42.9. The molecule has 2 N–H and O–H groups in total. The van der Waals surface area contributed by atoms with E-state index in [-0.39, 0.29) is 36.2 Å². The minimum absolute atomic E-state index is 0.0371. The average Bonchev–Trinajstić information content (AvgIpc) is 3.68. The van der Waals surface area contributed by atoms with Crippen molar-refractivity contribution in [1.82, 2.24) is 0 Å². The van der Waals surface area contributed by atoms with Gasteiger partial charge in [0.05, 0.1) is 23.0 Å². The summed E-state index contributed by atoms with van der Waals surface area (Å²) in [6, 6.07) is 81.3. The molecule has 0 aliphatic rings. The molecule has 0 aliphatic heterocycles. The monoisotopic (exact) mass is 1040 g/mol. The van der Waals surface area contributed by atoms with Crippen LogP contribution in [0.15, 0.2) is 252 Å². The van der Waals surface area contributed by atoms with Crippen molar-refractivity contribution in [2.75, 3.05) is 26.4 Å². The van der Waals surface area contributed by atoms with Gasteiger partial charge in [0, 0.05) is 22.3 Å².